The van der Waals surface area contributed by atoms with Crippen LogP contribution in [0.2, 0.25) is 0 Å². The van der Waals surface area contributed by atoms with E-state index in [0.29, 0.717) is 8.95 Å². The minimum Gasteiger partial charge on any atom is -0.210 e. The van der Waals surface area contributed by atoms with Crippen molar-refractivity contribution in [2.45, 2.75) is 10.4 Å². The van der Waals surface area contributed by atoms with Crippen molar-refractivity contribution in [1.29, 1.82) is 0 Å². The Morgan fingerprint density at radius 2 is 1.89 bits per heavy atom. The van der Waals surface area contributed by atoms with Gasteiger partial charge in [-0.1, -0.05) is 15.9 Å². The first-order valence-electron chi connectivity index (χ1n) is 4.77. The van der Waals surface area contributed by atoms with Crippen molar-refractivity contribution in [2.24, 2.45) is 0 Å². The van der Waals surface area contributed by atoms with Crippen LogP contribution in [0.25, 0.3) is 0 Å². The van der Waals surface area contributed by atoms with Crippen LogP contribution in [0.3, 0.4) is 0 Å². The summed E-state index contributed by atoms with van der Waals surface area (Å²) in [4.78, 5) is -0.0288. The third-order valence-electron chi connectivity index (χ3n) is 1.84. The Kier molecular flexibility index (Phi) is 6.18. The summed E-state index contributed by atoms with van der Waals surface area (Å²) >= 11 is 5.94. The van der Waals surface area contributed by atoms with Gasteiger partial charge < -0.3 is 0 Å². The van der Waals surface area contributed by atoms with Gasteiger partial charge in [-0.15, -0.1) is 0 Å². The van der Waals surface area contributed by atoms with Gasteiger partial charge in [0.1, 0.15) is 0 Å². The lowest BCUT2D eigenvalue weighted by molar-refractivity contribution is -0.0327. The summed E-state index contributed by atoms with van der Waals surface area (Å²) in [6, 6.07) is 4.54. The Hall–Kier alpha value is 0.230. The Labute approximate surface area is 129 Å². The van der Waals surface area contributed by atoms with Crippen molar-refractivity contribution in [3.8, 4) is 0 Å². The smallest absolute Gasteiger partial charge is 0.210 e. The fourth-order valence-electron chi connectivity index (χ4n) is 1.10. The summed E-state index contributed by atoms with van der Waals surface area (Å²) in [6.45, 7) is -0.300. The molecule has 0 spiro atoms. The Morgan fingerprint density at radius 1 is 1.26 bits per heavy atom. The average Bonchev–Trinajstić information content (AvgIpc) is 2.26. The number of sulfonamides is 1. The van der Waals surface area contributed by atoms with Crippen LogP contribution in [0.15, 0.2) is 32.0 Å². The van der Waals surface area contributed by atoms with Gasteiger partial charge in [-0.3, -0.25) is 0 Å². The second-order valence-electron chi connectivity index (χ2n) is 3.27. The maximum Gasteiger partial charge on any atom is 0.441 e. The molecular formula is C9H8Br2F3NO2S2. The zero-order valence-corrected chi connectivity index (χ0v) is 14.0. The minimum absolute atomic E-state index is 0.0288. The van der Waals surface area contributed by atoms with Crippen LogP contribution < -0.4 is 4.72 Å². The summed E-state index contributed by atoms with van der Waals surface area (Å²) in [5, 5.41) is 0. The zero-order chi connectivity index (χ0) is 14.7. The monoisotopic (exact) mass is 441 g/mol. The van der Waals surface area contributed by atoms with Gasteiger partial charge in [-0.25, -0.2) is 13.1 Å². The van der Waals surface area contributed by atoms with E-state index < -0.39 is 15.5 Å². The first-order chi connectivity index (χ1) is 8.62. The van der Waals surface area contributed by atoms with E-state index in [1.807, 2.05) is 0 Å². The zero-order valence-electron chi connectivity index (χ0n) is 9.17. The molecule has 108 valence electrons. The van der Waals surface area contributed by atoms with Crippen molar-refractivity contribution >= 4 is 53.6 Å². The molecule has 0 unspecified atom stereocenters. The van der Waals surface area contributed by atoms with Gasteiger partial charge >= 0.3 is 5.51 Å². The lowest BCUT2D eigenvalue weighted by Crippen LogP contribution is -2.27. The highest BCUT2D eigenvalue weighted by Gasteiger charge is 2.28. The van der Waals surface area contributed by atoms with Gasteiger partial charge in [0, 0.05) is 21.2 Å². The number of thioether (sulfide) groups is 1. The summed E-state index contributed by atoms with van der Waals surface area (Å²) in [5.74, 6) is -0.381. The molecule has 19 heavy (non-hydrogen) atoms. The molecule has 0 aliphatic heterocycles. The Bertz CT molecular complexity index is 549. The van der Waals surface area contributed by atoms with Gasteiger partial charge in [0.25, 0.3) is 0 Å². The van der Waals surface area contributed by atoms with E-state index in [0.717, 1.165) is 0 Å². The van der Waals surface area contributed by atoms with E-state index in [2.05, 4.69) is 36.6 Å². The molecule has 1 aromatic carbocycles. The molecular weight excluding hydrogens is 435 g/mol. The third kappa shape index (κ3) is 6.03. The van der Waals surface area contributed by atoms with Crippen LogP contribution in [-0.2, 0) is 10.0 Å². The van der Waals surface area contributed by atoms with Gasteiger partial charge in [0.15, 0.2) is 0 Å². The lowest BCUT2D eigenvalue weighted by atomic mass is 10.4. The molecule has 0 radical (unpaired) electrons. The van der Waals surface area contributed by atoms with Crippen LogP contribution in [0, 0.1) is 0 Å². The Balaban J connectivity index is 2.69. The maximum absolute atomic E-state index is 11.9. The quantitative estimate of drug-likeness (QED) is 0.706. The van der Waals surface area contributed by atoms with Crippen LogP contribution >= 0.6 is 43.6 Å². The predicted octanol–water partition coefficient (Wildman–Crippen LogP) is 3.74. The van der Waals surface area contributed by atoms with E-state index in [9.17, 15) is 21.6 Å². The van der Waals surface area contributed by atoms with Gasteiger partial charge in [-0.05, 0) is 45.9 Å². The van der Waals surface area contributed by atoms with Crippen LogP contribution in [0.1, 0.15) is 0 Å². The first kappa shape index (κ1) is 17.3. The maximum atomic E-state index is 11.9. The molecule has 0 saturated heterocycles. The largest absolute Gasteiger partial charge is 0.441 e. The fourth-order valence-corrected chi connectivity index (χ4v) is 4.20. The van der Waals surface area contributed by atoms with Crippen molar-refractivity contribution < 1.29 is 21.6 Å². The van der Waals surface area contributed by atoms with E-state index in [1.54, 1.807) is 6.07 Å². The molecule has 0 amide bonds. The standard InChI is InChI=1S/C9H8Br2F3NO2S2/c10-6-1-2-7(11)8(5-6)19(16,17)15-3-4-18-9(12,13)14/h1-2,5,15H,3-4H2. The second kappa shape index (κ2) is 6.79. The van der Waals surface area contributed by atoms with E-state index in [4.69, 9.17) is 0 Å². The summed E-state index contributed by atoms with van der Waals surface area (Å²) in [7, 11) is -3.84. The SMILES string of the molecule is O=S(=O)(NCCSC(F)(F)F)c1cc(Br)ccc1Br. The molecule has 0 aromatic heterocycles. The molecule has 1 aromatic rings. The third-order valence-corrected chi connectivity index (χ3v) is 5.53. The van der Waals surface area contributed by atoms with Crippen LogP contribution in [-0.4, -0.2) is 26.2 Å². The first-order valence-corrected chi connectivity index (χ1v) is 8.83. The van der Waals surface area contributed by atoms with Crippen LogP contribution in [0.4, 0.5) is 13.2 Å². The van der Waals surface area contributed by atoms with Gasteiger partial charge in [-0.2, -0.15) is 13.2 Å². The average molecular weight is 443 g/mol. The van der Waals surface area contributed by atoms with Crippen LogP contribution in [0.5, 0.6) is 0 Å². The molecule has 0 aliphatic carbocycles. The normalized spacial score (nSPS) is 12.7. The lowest BCUT2D eigenvalue weighted by Gasteiger charge is -2.09. The topological polar surface area (TPSA) is 46.2 Å². The molecule has 0 heterocycles. The molecule has 10 heteroatoms. The number of alkyl halides is 3. The highest BCUT2D eigenvalue weighted by atomic mass is 79.9. The van der Waals surface area contributed by atoms with Crippen molar-refractivity contribution in [3.05, 3.63) is 27.1 Å². The molecule has 3 nitrogen and oxygen atoms in total. The Morgan fingerprint density at radius 3 is 2.47 bits per heavy atom. The highest BCUT2D eigenvalue weighted by Crippen LogP contribution is 2.30. The molecule has 0 atom stereocenters. The molecule has 1 rings (SSSR count). The molecule has 0 aliphatic rings. The number of hydrogen-bond donors (Lipinski definition) is 1. The van der Waals surface area contributed by atoms with Gasteiger partial charge in [0.05, 0.1) is 4.90 Å². The minimum atomic E-state index is -4.36. The van der Waals surface area contributed by atoms with E-state index in [1.165, 1.54) is 12.1 Å². The van der Waals surface area contributed by atoms with E-state index >= 15 is 0 Å². The number of hydrogen-bond acceptors (Lipinski definition) is 3. The van der Waals surface area contributed by atoms with Crippen molar-refractivity contribution in [2.75, 3.05) is 12.3 Å². The van der Waals surface area contributed by atoms with Gasteiger partial charge in [0.2, 0.25) is 10.0 Å². The summed E-state index contributed by atoms with van der Waals surface area (Å²) < 4.78 is 62.4. The molecule has 1 N–H and O–H groups in total. The van der Waals surface area contributed by atoms with Crippen molar-refractivity contribution in [3.63, 3.8) is 0 Å². The second-order valence-corrected chi connectivity index (χ2v) is 7.93. The highest BCUT2D eigenvalue weighted by molar-refractivity contribution is 9.11. The fraction of sp³-hybridized carbons (Fsp3) is 0.333. The predicted molar refractivity (Wildman–Crippen MR) is 75.5 cm³/mol. The molecule has 0 bridgehead atoms. The summed E-state index contributed by atoms with van der Waals surface area (Å²) in [5.41, 5.74) is -4.36. The summed E-state index contributed by atoms with van der Waals surface area (Å²) in [6.07, 6.45) is 0. The molecule has 0 fully saturated rings. The number of rotatable bonds is 5. The number of nitrogens with one attached hydrogen (secondary N) is 1. The van der Waals surface area contributed by atoms with Crippen molar-refractivity contribution in [1.82, 2.24) is 4.72 Å². The van der Waals surface area contributed by atoms with E-state index in [-0.39, 0.29) is 29.0 Å². The molecule has 0 saturated carbocycles. The number of benzene rings is 1. The number of halogens is 5.